The van der Waals surface area contributed by atoms with Crippen molar-refractivity contribution in [3.8, 4) is 0 Å². The van der Waals surface area contributed by atoms with E-state index in [0.29, 0.717) is 5.57 Å². The van der Waals surface area contributed by atoms with Gasteiger partial charge in [-0.3, -0.25) is 0 Å². The highest BCUT2D eigenvalue weighted by molar-refractivity contribution is 5.97. The summed E-state index contributed by atoms with van der Waals surface area (Å²) < 4.78 is 4.70. The lowest BCUT2D eigenvalue weighted by Crippen LogP contribution is -2.06. The number of aromatic nitrogens is 1. The van der Waals surface area contributed by atoms with Gasteiger partial charge >= 0.3 is 5.97 Å². The van der Waals surface area contributed by atoms with Gasteiger partial charge in [-0.1, -0.05) is 18.2 Å². The van der Waals surface area contributed by atoms with Gasteiger partial charge in [-0.2, -0.15) is 0 Å². The number of H-pyrrole nitrogens is 1. The third-order valence-electron chi connectivity index (χ3n) is 2.78. The summed E-state index contributed by atoms with van der Waals surface area (Å²) in [4.78, 5) is 14.7. The van der Waals surface area contributed by atoms with Gasteiger partial charge in [-0.25, -0.2) is 4.79 Å². The number of benzene rings is 1. The van der Waals surface area contributed by atoms with Crippen LogP contribution in [0.3, 0.4) is 0 Å². The van der Waals surface area contributed by atoms with Crippen LogP contribution in [0.1, 0.15) is 12.0 Å². The molecule has 1 aromatic carbocycles. The average Bonchev–Trinajstić information content (AvgIpc) is 2.81. The number of hydrogen-bond acceptors (Lipinski definition) is 3. The highest BCUT2D eigenvalue weighted by Gasteiger charge is 2.10. The van der Waals surface area contributed by atoms with Crippen LogP contribution in [-0.2, 0) is 9.53 Å². The van der Waals surface area contributed by atoms with Crippen LogP contribution in [0.4, 0.5) is 0 Å². The summed E-state index contributed by atoms with van der Waals surface area (Å²) in [5.74, 6) is -0.408. The number of para-hydroxylation sites is 1. The highest BCUT2D eigenvalue weighted by Crippen LogP contribution is 2.21. The van der Waals surface area contributed by atoms with E-state index in [-0.39, 0.29) is 13.0 Å². The molecule has 1 heterocycles. The lowest BCUT2D eigenvalue weighted by Gasteiger charge is -2.03. The molecule has 18 heavy (non-hydrogen) atoms. The number of carbonyl (C=O) groups excluding carboxylic acids is 1. The number of fused-ring (bicyclic) bond motifs is 1. The van der Waals surface area contributed by atoms with Gasteiger partial charge < -0.3 is 14.8 Å². The summed E-state index contributed by atoms with van der Waals surface area (Å²) in [6, 6.07) is 7.83. The Kier molecular flexibility index (Phi) is 3.79. The van der Waals surface area contributed by atoms with Gasteiger partial charge in [0.1, 0.15) is 0 Å². The Morgan fingerprint density at radius 1 is 1.44 bits per heavy atom. The molecule has 0 saturated heterocycles. The minimum Gasteiger partial charge on any atom is -0.466 e. The Balaban J connectivity index is 2.43. The predicted octanol–water partition coefficient (Wildman–Crippen LogP) is 2.11. The molecular weight excluding hydrogens is 230 g/mol. The van der Waals surface area contributed by atoms with Crippen molar-refractivity contribution in [2.45, 2.75) is 6.42 Å². The van der Waals surface area contributed by atoms with E-state index in [1.165, 1.54) is 7.11 Å². The zero-order chi connectivity index (χ0) is 13.0. The number of ether oxygens (including phenoxy) is 1. The average molecular weight is 245 g/mol. The monoisotopic (exact) mass is 245 g/mol. The van der Waals surface area contributed by atoms with Crippen molar-refractivity contribution >= 4 is 22.9 Å². The first-order valence-electron chi connectivity index (χ1n) is 5.72. The van der Waals surface area contributed by atoms with Crippen LogP contribution in [0.15, 0.2) is 36.0 Å². The number of aromatic amines is 1. The molecule has 0 aliphatic heterocycles. The Morgan fingerprint density at radius 3 is 2.94 bits per heavy atom. The van der Waals surface area contributed by atoms with Gasteiger partial charge in [0.2, 0.25) is 0 Å². The number of carbonyl (C=O) groups is 1. The van der Waals surface area contributed by atoms with Gasteiger partial charge in [0.25, 0.3) is 0 Å². The second kappa shape index (κ2) is 5.51. The van der Waals surface area contributed by atoms with Crippen LogP contribution < -0.4 is 0 Å². The molecule has 0 atom stereocenters. The number of nitrogens with one attached hydrogen (secondary N) is 1. The molecule has 0 saturated carbocycles. The fraction of sp³-hybridized carbons (Fsp3) is 0.214. The lowest BCUT2D eigenvalue weighted by atomic mass is 10.1. The minimum atomic E-state index is -0.408. The SMILES string of the molecule is COC(=O)/C(=C/c1c[nH]c2ccccc12)CCO. The first-order chi connectivity index (χ1) is 8.76. The quantitative estimate of drug-likeness (QED) is 0.640. The second-order valence-electron chi connectivity index (χ2n) is 3.92. The summed E-state index contributed by atoms with van der Waals surface area (Å²) in [5, 5.41) is 10.0. The van der Waals surface area contributed by atoms with E-state index in [2.05, 4.69) is 4.98 Å². The molecule has 0 bridgehead atoms. The summed E-state index contributed by atoms with van der Waals surface area (Å²) in [6.45, 7) is -0.0801. The van der Waals surface area contributed by atoms with Crippen molar-refractivity contribution in [3.05, 3.63) is 41.6 Å². The van der Waals surface area contributed by atoms with Gasteiger partial charge in [-0.05, 0) is 12.1 Å². The molecule has 0 fully saturated rings. The summed E-state index contributed by atoms with van der Waals surface area (Å²) >= 11 is 0. The third-order valence-corrected chi connectivity index (χ3v) is 2.78. The zero-order valence-corrected chi connectivity index (χ0v) is 10.1. The van der Waals surface area contributed by atoms with Crippen LogP contribution in [0.2, 0.25) is 0 Å². The number of methoxy groups -OCH3 is 1. The standard InChI is InChI=1S/C14H15NO3/c1-18-14(17)10(6-7-16)8-11-9-15-13-5-3-2-4-12(11)13/h2-5,8-9,15-16H,6-7H2,1H3/b10-8+. The van der Waals surface area contributed by atoms with Crippen molar-refractivity contribution < 1.29 is 14.6 Å². The zero-order valence-electron chi connectivity index (χ0n) is 10.1. The molecule has 4 heteroatoms. The minimum absolute atomic E-state index is 0.0801. The summed E-state index contributed by atoms with van der Waals surface area (Å²) in [5.41, 5.74) is 2.39. The molecule has 0 aliphatic rings. The third kappa shape index (κ3) is 2.43. The first kappa shape index (κ1) is 12.4. The maximum Gasteiger partial charge on any atom is 0.333 e. The van der Waals surface area contributed by atoms with Gasteiger partial charge in [0, 0.05) is 41.3 Å². The fourth-order valence-electron chi connectivity index (χ4n) is 1.89. The fourth-order valence-corrected chi connectivity index (χ4v) is 1.89. The Hall–Kier alpha value is -2.07. The lowest BCUT2D eigenvalue weighted by molar-refractivity contribution is -0.136. The number of aliphatic hydroxyl groups is 1. The summed E-state index contributed by atoms with van der Waals surface area (Å²) in [7, 11) is 1.34. The van der Waals surface area contributed by atoms with Gasteiger partial charge in [0.15, 0.2) is 0 Å². The molecule has 0 radical (unpaired) electrons. The smallest absolute Gasteiger partial charge is 0.333 e. The van der Waals surface area contributed by atoms with Crippen LogP contribution in [-0.4, -0.2) is 29.8 Å². The van der Waals surface area contributed by atoms with Crippen LogP contribution in [0.5, 0.6) is 0 Å². The van der Waals surface area contributed by atoms with Crippen molar-refractivity contribution in [2.24, 2.45) is 0 Å². The normalized spacial score (nSPS) is 11.8. The summed E-state index contributed by atoms with van der Waals surface area (Å²) in [6.07, 6.45) is 3.87. The first-order valence-corrected chi connectivity index (χ1v) is 5.72. The number of esters is 1. The maximum atomic E-state index is 11.6. The number of hydrogen-bond donors (Lipinski definition) is 2. The van der Waals surface area contributed by atoms with Crippen molar-refractivity contribution in [1.29, 1.82) is 0 Å². The Morgan fingerprint density at radius 2 is 2.22 bits per heavy atom. The molecular formula is C14H15NO3. The van der Waals surface area contributed by atoms with Crippen LogP contribution >= 0.6 is 0 Å². The van der Waals surface area contributed by atoms with E-state index in [4.69, 9.17) is 9.84 Å². The van der Waals surface area contributed by atoms with Crippen molar-refractivity contribution in [1.82, 2.24) is 4.98 Å². The predicted molar refractivity (Wildman–Crippen MR) is 70.0 cm³/mol. The van der Waals surface area contributed by atoms with E-state index < -0.39 is 5.97 Å². The molecule has 2 N–H and O–H groups in total. The molecule has 1 aromatic heterocycles. The van der Waals surface area contributed by atoms with E-state index in [1.54, 1.807) is 6.08 Å². The van der Waals surface area contributed by atoms with Crippen molar-refractivity contribution in [3.63, 3.8) is 0 Å². The van der Waals surface area contributed by atoms with Crippen molar-refractivity contribution in [2.75, 3.05) is 13.7 Å². The van der Waals surface area contributed by atoms with E-state index >= 15 is 0 Å². The van der Waals surface area contributed by atoms with Gasteiger partial charge in [0.05, 0.1) is 7.11 Å². The second-order valence-corrected chi connectivity index (χ2v) is 3.92. The molecule has 0 aliphatic carbocycles. The Labute approximate surface area is 105 Å². The molecule has 2 aromatic rings. The molecule has 94 valence electrons. The van der Waals surface area contributed by atoms with Crippen LogP contribution in [0, 0.1) is 0 Å². The van der Waals surface area contributed by atoms with Crippen LogP contribution in [0.25, 0.3) is 17.0 Å². The maximum absolute atomic E-state index is 11.6. The van der Waals surface area contributed by atoms with E-state index in [0.717, 1.165) is 16.5 Å². The molecule has 0 amide bonds. The largest absolute Gasteiger partial charge is 0.466 e. The highest BCUT2D eigenvalue weighted by atomic mass is 16.5. The molecule has 0 spiro atoms. The number of aliphatic hydroxyl groups excluding tert-OH is 1. The molecule has 4 nitrogen and oxygen atoms in total. The molecule has 0 unspecified atom stereocenters. The van der Waals surface area contributed by atoms with E-state index in [9.17, 15) is 4.79 Å². The van der Waals surface area contributed by atoms with Gasteiger partial charge in [-0.15, -0.1) is 0 Å². The topological polar surface area (TPSA) is 62.3 Å². The van der Waals surface area contributed by atoms with E-state index in [1.807, 2.05) is 30.5 Å². The molecule has 2 rings (SSSR count). The Bertz CT molecular complexity index is 583. The number of rotatable bonds is 4.